The van der Waals surface area contributed by atoms with Crippen molar-refractivity contribution in [2.24, 2.45) is 0 Å². The summed E-state index contributed by atoms with van der Waals surface area (Å²) in [4.78, 5) is 0. The fraction of sp³-hybridized carbons (Fsp3) is 0.526. The average molecular weight is 332 g/mol. The van der Waals surface area contributed by atoms with E-state index in [0.29, 0.717) is 13.2 Å². The molecule has 0 saturated carbocycles. The zero-order valence-corrected chi connectivity index (χ0v) is 16.0. The Morgan fingerprint density at radius 3 is 2.43 bits per heavy atom. The number of ether oxygens (including phenoxy) is 1. The summed E-state index contributed by atoms with van der Waals surface area (Å²) < 4.78 is 11.7. The Bertz CT molecular complexity index is 527. The van der Waals surface area contributed by atoms with Crippen LogP contribution in [0.1, 0.15) is 32.8 Å². The first kappa shape index (κ1) is 19.6. The lowest BCUT2D eigenvalue weighted by Crippen LogP contribution is -2.43. The average Bonchev–Trinajstić information content (AvgIpc) is 2.49. The normalized spacial score (nSPS) is 13.9. The van der Waals surface area contributed by atoms with Gasteiger partial charge in [-0.25, -0.2) is 0 Å². The Hall–Kier alpha value is -1.41. The van der Waals surface area contributed by atoms with E-state index in [0.717, 1.165) is 6.42 Å². The Morgan fingerprint density at radius 1 is 1.22 bits per heavy atom. The summed E-state index contributed by atoms with van der Waals surface area (Å²) in [6, 6.07) is 12.3. The molecular formula is C19H29NO2Si. The monoisotopic (exact) mass is 331 g/mol. The fourth-order valence-corrected chi connectivity index (χ4v) is 2.86. The minimum Gasteiger partial charge on any atom is -0.398 e. The van der Waals surface area contributed by atoms with E-state index in [9.17, 15) is 5.26 Å². The molecule has 1 rings (SSSR count). The van der Waals surface area contributed by atoms with Crippen LogP contribution in [0.5, 0.6) is 0 Å². The number of rotatable bonds is 8. The molecule has 4 heteroatoms. The lowest BCUT2D eigenvalue weighted by Gasteiger charge is -2.37. The van der Waals surface area contributed by atoms with Crippen LogP contribution >= 0.6 is 0 Å². The molecular weight excluding hydrogens is 302 g/mol. The second-order valence-corrected chi connectivity index (χ2v) is 11.9. The largest absolute Gasteiger partial charge is 0.398 e. The van der Waals surface area contributed by atoms with Crippen molar-refractivity contribution >= 4 is 8.32 Å². The van der Waals surface area contributed by atoms with Gasteiger partial charge < -0.3 is 9.16 Å². The molecule has 0 aliphatic rings. The van der Waals surface area contributed by atoms with Crippen molar-refractivity contribution in [2.45, 2.75) is 58.0 Å². The summed E-state index contributed by atoms with van der Waals surface area (Å²) in [5.41, 5.74) is 1.17. The molecule has 1 atom stereocenters. The molecule has 0 N–H and O–H groups in total. The van der Waals surface area contributed by atoms with Gasteiger partial charge in [0.05, 0.1) is 19.3 Å². The summed E-state index contributed by atoms with van der Waals surface area (Å²) in [5.74, 6) is 0. The van der Waals surface area contributed by atoms with Crippen LogP contribution in [0.25, 0.3) is 0 Å². The van der Waals surface area contributed by atoms with Crippen LogP contribution in [0.15, 0.2) is 42.5 Å². The van der Waals surface area contributed by atoms with Crippen molar-refractivity contribution < 1.29 is 9.16 Å². The molecule has 3 nitrogen and oxygen atoms in total. The third kappa shape index (κ3) is 7.13. The molecule has 0 heterocycles. The summed E-state index contributed by atoms with van der Waals surface area (Å²) in [7, 11) is -1.91. The lowest BCUT2D eigenvalue weighted by molar-refractivity contribution is 0.125. The highest BCUT2D eigenvalue weighted by molar-refractivity contribution is 6.74. The molecule has 0 spiro atoms. The van der Waals surface area contributed by atoms with Crippen LogP contribution in [0.4, 0.5) is 0 Å². The van der Waals surface area contributed by atoms with Crippen LogP contribution in [0.3, 0.4) is 0 Å². The minimum atomic E-state index is -1.91. The number of nitriles is 1. The van der Waals surface area contributed by atoms with E-state index in [1.165, 1.54) is 5.56 Å². The Labute approximate surface area is 142 Å². The van der Waals surface area contributed by atoms with Crippen LogP contribution in [0, 0.1) is 11.3 Å². The van der Waals surface area contributed by atoms with Crippen LogP contribution in [-0.4, -0.2) is 21.0 Å². The standard InChI is InChI=1S/C19H29NO2Si/c1-19(2,3)23(4,5)22-18(15-20)13-9-10-14-21-16-17-11-7-6-8-12-17/h6-9,11-13,18H,10,14,16H2,1-5H3/b13-9+. The number of nitrogens with zero attached hydrogens (tertiary/aromatic N) is 1. The Morgan fingerprint density at radius 2 is 1.87 bits per heavy atom. The topological polar surface area (TPSA) is 42.2 Å². The summed E-state index contributed by atoms with van der Waals surface area (Å²) in [6.45, 7) is 12.1. The Balaban J connectivity index is 2.33. The first-order valence-corrected chi connectivity index (χ1v) is 11.0. The smallest absolute Gasteiger partial charge is 0.194 e. The van der Waals surface area contributed by atoms with Gasteiger partial charge in [-0.3, -0.25) is 0 Å². The van der Waals surface area contributed by atoms with Crippen molar-refractivity contribution in [1.29, 1.82) is 5.26 Å². The molecule has 0 bridgehead atoms. The maximum Gasteiger partial charge on any atom is 0.194 e. The highest BCUT2D eigenvalue weighted by Gasteiger charge is 2.38. The highest BCUT2D eigenvalue weighted by Crippen LogP contribution is 2.37. The van der Waals surface area contributed by atoms with Crippen LogP contribution in [0.2, 0.25) is 18.1 Å². The van der Waals surface area contributed by atoms with E-state index in [1.54, 1.807) is 0 Å². The molecule has 0 amide bonds. The van der Waals surface area contributed by atoms with Gasteiger partial charge in [0, 0.05) is 0 Å². The summed E-state index contributed by atoms with van der Waals surface area (Å²) in [6.07, 6.45) is 4.15. The second kappa shape index (κ2) is 9.02. The second-order valence-electron chi connectivity index (χ2n) is 7.18. The number of hydrogen-bond acceptors (Lipinski definition) is 3. The SMILES string of the molecule is CC(C)(C)[Si](C)(C)OC(C#N)/C=C/CCOCc1ccccc1. The lowest BCUT2D eigenvalue weighted by atomic mass is 10.2. The van der Waals surface area contributed by atoms with Gasteiger partial charge in [0.2, 0.25) is 0 Å². The quantitative estimate of drug-likeness (QED) is 0.380. The predicted molar refractivity (Wildman–Crippen MR) is 97.5 cm³/mol. The maximum absolute atomic E-state index is 9.27. The van der Waals surface area contributed by atoms with E-state index in [-0.39, 0.29) is 5.04 Å². The van der Waals surface area contributed by atoms with Crippen LogP contribution < -0.4 is 0 Å². The van der Waals surface area contributed by atoms with Crippen LogP contribution in [-0.2, 0) is 15.8 Å². The van der Waals surface area contributed by atoms with Gasteiger partial charge in [-0.1, -0.05) is 57.2 Å². The molecule has 0 aromatic heterocycles. The van der Waals surface area contributed by atoms with Gasteiger partial charge in [0.25, 0.3) is 0 Å². The van der Waals surface area contributed by atoms with Crippen molar-refractivity contribution in [3.05, 3.63) is 48.0 Å². The van der Waals surface area contributed by atoms with Crippen molar-refractivity contribution in [3.8, 4) is 6.07 Å². The zero-order valence-electron chi connectivity index (χ0n) is 15.0. The fourth-order valence-electron chi connectivity index (χ4n) is 1.74. The predicted octanol–water partition coefficient (Wildman–Crippen LogP) is 5.06. The first-order valence-electron chi connectivity index (χ1n) is 8.12. The van der Waals surface area contributed by atoms with Gasteiger partial charge >= 0.3 is 0 Å². The van der Waals surface area contributed by atoms with Crippen molar-refractivity contribution in [3.63, 3.8) is 0 Å². The van der Waals surface area contributed by atoms with E-state index < -0.39 is 14.4 Å². The molecule has 0 fully saturated rings. The van der Waals surface area contributed by atoms with E-state index in [4.69, 9.17) is 9.16 Å². The molecule has 1 unspecified atom stereocenters. The molecule has 1 aromatic rings. The highest BCUT2D eigenvalue weighted by atomic mass is 28.4. The van der Waals surface area contributed by atoms with E-state index in [2.05, 4.69) is 52.1 Å². The number of hydrogen-bond donors (Lipinski definition) is 0. The minimum absolute atomic E-state index is 0.106. The molecule has 0 saturated heterocycles. The van der Waals surface area contributed by atoms with Gasteiger partial charge in [-0.05, 0) is 36.2 Å². The van der Waals surface area contributed by atoms with Gasteiger partial charge in [0.15, 0.2) is 14.4 Å². The molecule has 0 aliphatic heterocycles. The first-order chi connectivity index (χ1) is 10.8. The van der Waals surface area contributed by atoms with Crippen molar-refractivity contribution in [1.82, 2.24) is 0 Å². The van der Waals surface area contributed by atoms with Gasteiger partial charge in [0.1, 0.15) is 0 Å². The number of benzene rings is 1. The molecule has 0 radical (unpaired) electrons. The Kier molecular flexibility index (Phi) is 7.70. The maximum atomic E-state index is 9.27. The van der Waals surface area contributed by atoms with Gasteiger partial charge in [-0.2, -0.15) is 5.26 Å². The van der Waals surface area contributed by atoms with Gasteiger partial charge in [-0.15, -0.1) is 0 Å². The van der Waals surface area contributed by atoms with E-state index >= 15 is 0 Å². The summed E-state index contributed by atoms with van der Waals surface area (Å²) >= 11 is 0. The molecule has 126 valence electrons. The molecule has 1 aromatic carbocycles. The zero-order chi connectivity index (χ0) is 17.3. The third-order valence-corrected chi connectivity index (χ3v) is 8.66. The molecule has 0 aliphatic carbocycles. The third-order valence-electron chi connectivity index (χ3n) is 4.21. The molecule has 23 heavy (non-hydrogen) atoms. The van der Waals surface area contributed by atoms with E-state index in [1.807, 2.05) is 30.4 Å². The summed E-state index contributed by atoms with van der Waals surface area (Å²) in [5, 5.41) is 9.38. The van der Waals surface area contributed by atoms with Crippen molar-refractivity contribution in [2.75, 3.05) is 6.61 Å².